The van der Waals surface area contributed by atoms with E-state index in [0.29, 0.717) is 5.56 Å². The first-order valence-electron chi connectivity index (χ1n) is 5.54. The molecule has 1 heterocycles. The fourth-order valence-corrected chi connectivity index (χ4v) is 2.19. The van der Waals surface area contributed by atoms with Crippen molar-refractivity contribution in [3.05, 3.63) is 28.8 Å². The minimum absolute atomic E-state index is 0.0823. The number of halogens is 1. The van der Waals surface area contributed by atoms with Crippen molar-refractivity contribution < 1.29 is 14.8 Å². The standard InChI is InChI=1S/C11H13BClNO3/c13-10-4-3-8(7-9(10)12(16)17)11(15)14-5-1-2-6-14/h3-4,7,16-17H,1-2,5-6H2. The molecular formula is C11H13BClNO3. The van der Waals surface area contributed by atoms with E-state index in [1.54, 1.807) is 11.0 Å². The van der Waals surface area contributed by atoms with Crippen LogP contribution in [0.1, 0.15) is 23.2 Å². The minimum atomic E-state index is -1.66. The van der Waals surface area contributed by atoms with Gasteiger partial charge < -0.3 is 14.9 Å². The van der Waals surface area contributed by atoms with Crippen molar-refractivity contribution in [1.82, 2.24) is 4.90 Å². The molecule has 0 spiro atoms. The third-order valence-electron chi connectivity index (χ3n) is 2.91. The molecule has 0 bridgehead atoms. The molecule has 2 N–H and O–H groups in total. The zero-order chi connectivity index (χ0) is 12.4. The van der Waals surface area contributed by atoms with Crippen LogP contribution in [0.4, 0.5) is 0 Å². The summed E-state index contributed by atoms with van der Waals surface area (Å²) in [5.41, 5.74) is 0.608. The van der Waals surface area contributed by atoms with Crippen molar-refractivity contribution in [2.24, 2.45) is 0 Å². The largest absolute Gasteiger partial charge is 0.489 e. The molecule has 6 heteroatoms. The fourth-order valence-electron chi connectivity index (χ4n) is 1.98. The summed E-state index contributed by atoms with van der Waals surface area (Å²) in [7, 11) is -1.66. The van der Waals surface area contributed by atoms with Crippen LogP contribution in [0.25, 0.3) is 0 Å². The summed E-state index contributed by atoms with van der Waals surface area (Å²) in [6.07, 6.45) is 2.05. The van der Waals surface area contributed by atoms with Gasteiger partial charge in [-0.3, -0.25) is 4.79 Å². The van der Waals surface area contributed by atoms with Crippen molar-refractivity contribution in [3.8, 4) is 0 Å². The Hall–Kier alpha value is -1.04. The van der Waals surface area contributed by atoms with E-state index < -0.39 is 7.12 Å². The van der Waals surface area contributed by atoms with Crippen molar-refractivity contribution in [2.45, 2.75) is 12.8 Å². The van der Waals surface area contributed by atoms with E-state index >= 15 is 0 Å². The highest BCUT2D eigenvalue weighted by Gasteiger charge is 2.22. The summed E-state index contributed by atoms with van der Waals surface area (Å²) in [6, 6.07) is 4.56. The number of nitrogens with zero attached hydrogens (tertiary/aromatic N) is 1. The lowest BCUT2D eigenvalue weighted by Crippen LogP contribution is -2.33. The number of carbonyl (C=O) groups excluding carboxylic acids is 1. The van der Waals surface area contributed by atoms with E-state index in [1.807, 2.05) is 0 Å². The number of hydrogen-bond acceptors (Lipinski definition) is 3. The summed E-state index contributed by atoms with van der Waals surface area (Å²) in [5.74, 6) is -0.0823. The van der Waals surface area contributed by atoms with Crippen LogP contribution < -0.4 is 5.46 Å². The highest BCUT2D eigenvalue weighted by molar-refractivity contribution is 6.62. The second kappa shape index (κ2) is 5.08. The van der Waals surface area contributed by atoms with E-state index in [1.165, 1.54) is 12.1 Å². The molecule has 1 saturated heterocycles. The first kappa shape index (κ1) is 12.4. The van der Waals surface area contributed by atoms with Crippen LogP contribution in [0.15, 0.2) is 18.2 Å². The Labute approximate surface area is 105 Å². The molecule has 0 aromatic heterocycles. The van der Waals surface area contributed by atoms with Gasteiger partial charge in [-0.25, -0.2) is 0 Å². The van der Waals surface area contributed by atoms with Gasteiger partial charge in [0.15, 0.2) is 0 Å². The van der Waals surface area contributed by atoms with Gasteiger partial charge in [-0.05, 0) is 31.0 Å². The van der Waals surface area contributed by atoms with Gasteiger partial charge in [0.2, 0.25) is 0 Å². The molecule has 0 radical (unpaired) electrons. The van der Waals surface area contributed by atoms with Gasteiger partial charge in [0.1, 0.15) is 0 Å². The maximum atomic E-state index is 12.1. The molecule has 1 aliphatic rings. The Kier molecular flexibility index (Phi) is 3.71. The monoisotopic (exact) mass is 253 g/mol. The maximum Gasteiger partial charge on any atom is 0.489 e. The van der Waals surface area contributed by atoms with Crippen LogP contribution in [-0.4, -0.2) is 41.1 Å². The summed E-state index contributed by atoms with van der Waals surface area (Å²) in [5, 5.41) is 18.5. The van der Waals surface area contributed by atoms with Crippen LogP contribution in [0.5, 0.6) is 0 Å². The molecule has 4 nitrogen and oxygen atoms in total. The molecule has 0 atom stereocenters. The van der Waals surface area contributed by atoms with Crippen molar-refractivity contribution in [3.63, 3.8) is 0 Å². The average Bonchev–Trinajstić information content (AvgIpc) is 2.81. The third kappa shape index (κ3) is 2.62. The SMILES string of the molecule is O=C(c1ccc(Cl)c(B(O)O)c1)N1CCCC1. The Balaban J connectivity index is 2.26. The maximum absolute atomic E-state index is 12.1. The van der Waals surface area contributed by atoms with Gasteiger partial charge in [-0.15, -0.1) is 0 Å². The number of benzene rings is 1. The quantitative estimate of drug-likeness (QED) is 0.743. The average molecular weight is 253 g/mol. The lowest BCUT2D eigenvalue weighted by atomic mass is 9.79. The minimum Gasteiger partial charge on any atom is -0.423 e. The normalized spacial score (nSPS) is 15.1. The molecule has 1 aromatic carbocycles. The second-order valence-corrected chi connectivity index (χ2v) is 4.52. The lowest BCUT2D eigenvalue weighted by molar-refractivity contribution is 0.0793. The Morgan fingerprint density at radius 2 is 1.94 bits per heavy atom. The first-order valence-corrected chi connectivity index (χ1v) is 5.92. The smallest absolute Gasteiger partial charge is 0.423 e. The number of amides is 1. The van der Waals surface area contributed by atoms with Gasteiger partial charge in [-0.2, -0.15) is 0 Å². The van der Waals surface area contributed by atoms with E-state index in [0.717, 1.165) is 25.9 Å². The molecule has 0 aliphatic carbocycles. The predicted octanol–water partition coefficient (Wildman–Crippen LogP) is 0.256. The van der Waals surface area contributed by atoms with Gasteiger partial charge >= 0.3 is 7.12 Å². The van der Waals surface area contributed by atoms with Crippen LogP contribution in [0, 0.1) is 0 Å². The summed E-state index contributed by atoms with van der Waals surface area (Å²) < 4.78 is 0. The highest BCUT2D eigenvalue weighted by atomic mass is 35.5. The van der Waals surface area contributed by atoms with E-state index in [-0.39, 0.29) is 16.4 Å². The first-order chi connectivity index (χ1) is 8.09. The van der Waals surface area contributed by atoms with Crippen LogP contribution >= 0.6 is 11.6 Å². The molecular weight excluding hydrogens is 240 g/mol. The Morgan fingerprint density at radius 3 is 2.53 bits per heavy atom. The fraction of sp³-hybridized carbons (Fsp3) is 0.364. The predicted molar refractivity (Wildman–Crippen MR) is 66.4 cm³/mol. The molecule has 1 aliphatic heterocycles. The molecule has 17 heavy (non-hydrogen) atoms. The summed E-state index contributed by atoms with van der Waals surface area (Å²) in [4.78, 5) is 13.8. The van der Waals surface area contributed by atoms with E-state index in [4.69, 9.17) is 21.6 Å². The number of hydrogen-bond donors (Lipinski definition) is 2. The zero-order valence-electron chi connectivity index (χ0n) is 9.27. The van der Waals surface area contributed by atoms with Gasteiger partial charge in [0.05, 0.1) is 0 Å². The topological polar surface area (TPSA) is 60.8 Å². The molecule has 1 fully saturated rings. The van der Waals surface area contributed by atoms with Gasteiger partial charge in [-0.1, -0.05) is 11.6 Å². The lowest BCUT2D eigenvalue weighted by Gasteiger charge is -2.16. The number of carbonyl (C=O) groups is 1. The van der Waals surface area contributed by atoms with Crippen molar-refractivity contribution in [1.29, 1.82) is 0 Å². The summed E-state index contributed by atoms with van der Waals surface area (Å²) >= 11 is 5.81. The highest BCUT2D eigenvalue weighted by Crippen LogP contribution is 2.14. The molecule has 1 aromatic rings. The van der Waals surface area contributed by atoms with Crippen LogP contribution in [-0.2, 0) is 0 Å². The molecule has 2 rings (SSSR count). The third-order valence-corrected chi connectivity index (χ3v) is 3.26. The molecule has 1 amide bonds. The van der Waals surface area contributed by atoms with Crippen LogP contribution in [0.2, 0.25) is 5.02 Å². The zero-order valence-corrected chi connectivity index (χ0v) is 10.0. The number of rotatable bonds is 2. The molecule has 0 unspecified atom stereocenters. The van der Waals surface area contributed by atoms with Gasteiger partial charge in [0, 0.05) is 29.1 Å². The molecule has 0 saturated carbocycles. The van der Waals surface area contributed by atoms with Crippen LogP contribution in [0.3, 0.4) is 0 Å². The van der Waals surface area contributed by atoms with Gasteiger partial charge in [0.25, 0.3) is 5.91 Å². The van der Waals surface area contributed by atoms with Crippen molar-refractivity contribution >= 4 is 30.1 Å². The molecule has 90 valence electrons. The summed E-state index contributed by atoms with van der Waals surface area (Å²) in [6.45, 7) is 1.52. The number of likely N-dealkylation sites (tertiary alicyclic amines) is 1. The second-order valence-electron chi connectivity index (χ2n) is 4.11. The Bertz CT molecular complexity index is 433. The van der Waals surface area contributed by atoms with E-state index in [9.17, 15) is 4.79 Å². The van der Waals surface area contributed by atoms with Crippen molar-refractivity contribution in [2.75, 3.05) is 13.1 Å². The Morgan fingerprint density at radius 1 is 1.29 bits per heavy atom. The van der Waals surface area contributed by atoms with E-state index in [2.05, 4.69) is 0 Å².